The van der Waals surface area contributed by atoms with E-state index in [9.17, 15) is 13.2 Å². The molecule has 1 aromatic carbocycles. The Bertz CT molecular complexity index is 686. The third kappa shape index (κ3) is 5.52. The Morgan fingerprint density at radius 3 is 2.52 bits per heavy atom. The Kier molecular flexibility index (Phi) is 6.59. The second-order valence-electron chi connectivity index (χ2n) is 7.26. The number of rotatable bonds is 6. The fourth-order valence-electron chi connectivity index (χ4n) is 3.00. The standard InChI is InChI=1S/C18H29N3O3S/c1-13(2)11-17(18(22)21-10-9-19-15(4)12-21)20-25(23,24)16-7-5-14(3)6-8-16/h5-8,13,15,17,19-20H,9-12H2,1-4H3. The largest absolute Gasteiger partial charge is 0.338 e. The van der Waals surface area contributed by atoms with E-state index < -0.39 is 16.1 Å². The summed E-state index contributed by atoms with van der Waals surface area (Å²) in [6.45, 7) is 9.82. The van der Waals surface area contributed by atoms with Crippen molar-refractivity contribution >= 4 is 15.9 Å². The van der Waals surface area contributed by atoms with Crippen LogP contribution in [0.1, 0.15) is 32.8 Å². The fourth-order valence-corrected chi connectivity index (χ4v) is 4.20. The molecule has 1 heterocycles. The number of nitrogens with zero attached hydrogens (tertiary/aromatic N) is 1. The second-order valence-corrected chi connectivity index (χ2v) is 8.97. The maximum Gasteiger partial charge on any atom is 0.241 e. The molecule has 0 aliphatic carbocycles. The first-order valence-electron chi connectivity index (χ1n) is 8.80. The van der Waals surface area contributed by atoms with Crippen LogP contribution in [0.2, 0.25) is 0 Å². The molecule has 2 unspecified atom stereocenters. The van der Waals surface area contributed by atoms with E-state index in [0.717, 1.165) is 12.1 Å². The van der Waals surface area contributed by atoms with Crippen LogP contribution in [0.4, 0.5) is 0 Å². The van der Waals surface area contributed by atoms with Crippen molar-refractivity contribution in [2.24, 2.45) is 5.92 Å². The molecule has 6 nitrogen and oxygen atoms in total. The van der Waals surface area contributed by atoms with Crippen LogP contribution in [0.3, 0.4) is 0 Å². The van der Waals surface area contributed by atoms with Crippen LogP contribution in [-0.4, -0.2) is 50.9 Å². The summed E-state index contributed by atoms with van der Waals surface area (Å²) in [6, 6.07) is 6.13. The molecule has 1 fully saturated rings. The minimum absolute atomic E-state index is 0.141. The highest BCUT2D eigenvalue weighted by atomic mass is 32.2. The van der Waals surface area contributed by atoms with Crippen LogP contribution in [0, 0.1) is 12.8 Å². The summed E-state index contributed by atoms with van der Waals surface area (Å²) in [5.74, 6) is 0.0627. The number of sulfonamides is 1. The van der Waals surface area contributed by atoms with Crippen LogP contribution in [0.5, 0.6) is 0 Å². The average Bonchev–Trinajstić information content (AvgIpc) is 2.53. The summed E-state index contributed by atoms with van der Waals surface area (Å²) in [5, 5.41) is 3.29. The number of hydrogen-bond donors (Lipinski definition) is 2. The molecule has 0 spiro atoms. The van der Waals surface area contributed by atoms with Crippen molar-refractivity contribution in [2.75, 3.05) is 19.6 Å². The van der Waals surface area contributed by atoms with E-state index in [4.69, 9.17) is 0 Å². The summed E-state index contributed by atoms with van der Waals surface area (Å²) >= 11 is 0. The van der Waals surface area contributed by atoms with Gasteiger partial charge in [-0.05, 0) is 38.3 Å². The highest BCUT2D eigenvalue weighted by molar-refractivity contribution is 7.89. The highest BCUT2D eigenvalue weighted by Crippen LogP contribution is 2.15. The molecule has 1 aromatic rings. The van der Waals surface area contributed by atoms with Gasteiger partial charge >= 0.3 is 0 Å². The molecule has 0 saturated carbocycles. The highest BCUT2D eigenvalue weighted by Gasteiger charge is 2.31. The summed E-state index contributed by atoms with van der Waals surface area (Å²) < 4.78 is 28.0. The summed E-state index contributed by atoms with van der Waals surface area (Å²) in [6.07, 6.45) is 0.474. The van der Waals surface area contributed by atoms with Crippen LogP contribution in [-0.2, 0) is 14.8 Å². The van der Waals surface area contributed by atoms with Crippen molar-refractivity contribution < 1.29 is 13.2 Å². The molecule has 2 N–H and O–H groups in total. The topological polar surface area (TPSA) is 78.5 Å². The van der Waals surface area contributed by atoms with Gasteiger partial charge in [0, 0.05) is 25.7 Å². The predicted octanol–water partition coefficient (Wildman–Crippen LogP) is 1.51. The maximum absolute atomic E-state index is 12.9. The van der Waals surface area contributed by atoms with Gasteiger partial charge in [-0.15, -0.1) is 0 Å². The number of hydrogen-bond acceptors (Lipinski definition) is 4. The first-order chi connectivity index (χ1) is 11.7. The van der Waals surface area contributed by atoms with Crippen molar-refractivity contribution in [3.05, 3.63) is 29.8 Å². The van der Waals surface area contributed by atoms with E-state index in [0.29, 0.717) is 19.5 Å². The maximum atomic E-state index is 12.9. The zero-order valence-electron chi connectivity index (χ0n) is 15.5. The van der Waals surface area contributed by atoms with Crippen LogP contribution in [0.15, 0.2) is 29.2 Å². The molecule has 7 heteroatoms. The van der Waals surface area contributed by atoms with Crippen molar-refractivity contribution in [2.45, 2.75) is 51.1 Å². The molecular weight excluding hydrogens is 338 g/mol. The number of benzene rings is 1. The normalized spacial score (nSPS) is 19.9. The van der Waals surface area contributed by atoms with Gasteiger partial charge in [0.15, 0.2) is 0 Å². The molecule has 1 amide bonds. The minimum Gasteiger partial charge on any atom is -0.338 e. The van der Waals surface area contributed by atoms with E-state index in [2.05, 4.69) is 10.0 Å². The minimum atomic E-state index is -3.73. The molecule has 0 bridgehead atoms. The smallest absolute Gasteiger partial charge is 0.241 e. The molecule has 1 saturated heterocycles. The first-order valence-corrected chi connectivity index (χ1v) is 10.3. The molecule has 2 rings (SSSR count). The Hall–Kier alpha value is -1.44. The van der Waals surface area contributed by atoms with Gasteiger partial charge in [0.25, 0.3) is 0 Å². The first kappa shape index (κ1) is 19.9. The van der Waals surface area contributed by atoms with Gasteiger partial charge in [-0.1, -0.05) is 31.5 Å². The SMILES string of the molecule is Cc1ccc(S(=O)(=O)NC(CC(C)C)C(=O)N2CCNC(C)C2)cc1. The molecule has 25 heavy (non-hydrogen) atoms. The van der Waals surface area contributed by atoms with Crippen molar-refractivity contribution in [3.63, 3.8) is 0 Å². The van der Waals surface area contributed by atoms with Crippen molar-refractivity contribution in [3.8, 4) is 0 Å². The van der Waals surface area contributed by atoms with Crippen molar-refractivity contribution in [1.29, 1.82) is 0 Å². The molecule has 2 atom stereocenters. The van der Waals surface area contributed by atoms with E-state index in [1.807, 2.05) is 27.7 Å². The predicted molar refractivity (Wildman–Crippen MR) is 98.8 cm³/mol. The zero-order chi connectivity index (χ0) is 18.6. The van der Waals surface area contributed by atoms with Gasteiger partial charge in [0.2, 0.25) is 15.9 Å². The number of aryl methyl sites for hydroxylation is 1. The van der Waals surface area contributed by atoms with Crippen molar-refractivity contribution in [1.82, 2.24) is 14.9 Å². The summed E-state index contributed by atoms with van der Waals surface area (Å²) in [7, 11) is -3.73. The molecule has 140 valence electrons. The number of nitrogens with one attached hydrogen (secondary N) is 2. The zero-order valence-corrected chi connectivity index (χ0v) is 16.3. The van der Waals surface area contributed by atoms with Crippen LogP contribution >= 0.6 is 0 Å². The van der Waals surface area contributed by atoms with E-state index >= 15 is 0 Å². The Morgan fingerprint density at radius 1 is 1.32 bits per heavy atom. The monoisotopic (exact) mass is 367 g/mol. The van der Waals surface area contributed by atoms with E-state index in [1.165, 1.54) is 0 Å². The van der Waals surface area contributed by atoms with Gasteiger partial charge in [-0.25, -0.2) is 8.42 Å². The lowest BCUT2D eigenvalue weighted by Crippen LogP contribution is -2.56. The number of carbonyl (C=O) groups excluding carboxylic acids is 1. The van der Waals surface area contributed by atoms with E-state index in [1.54, 1.807) is 29.2 Å². The Labute approximate surface area is 151 Å². The lowest BCUT2D eigenvalue weighted by atomic mass is 10.0. The summed E-state index contributed by atoms with van der Waals surface area (Å²) in [5.41, 5.74) is 0.989. The lowest BCUT2D eigenvalue weighted by molar-refractivity contribution is -0.134. The average molecular weight is 368 g/mol. The van der Waals surface area contributed by atoms with Crippen LogP contribution in [0.25, 0.3) is 0 Å². The number of carbonyl (C=O) groups is 1. The van der Waals surface area contributed by atoms with E-state index in [-0.39, 0.29) is 22.8 Å². The van der Waals surface area contributed by atoms with Gasteiger partial charge in [-0.2, -0.15) is 4.72 Å². The van der Waals surface area contributed by atoms with Gasteiger partial charge in [0.05, 0.1) is 4.90 Å². The molecule has 1 aliphatic heterocycles. The quantitative estimate of drug-likeness (QED) is 0.799. The lowest BCUT2D eigenvalue weighted by Gasteiger charge is -2.34. The van der Waals surface area contributed by atoms with Gasteiger partial charge < -0.3 is 10.2 Å². The van der Waals surface area contributed by atoms with Crippen LogP contribution < -0.4 is 10.0 Å². The molecule has 1 aliphatic rings. The Balaban J connectivity index is 2.19. The molecule has 0 aromatic heterocycles. The third-order valence-electron chi connectivity index (χ3n) is 4.31. The van der Waals surface area contributed by atoms with Gasteiger partial charge in [-0.3, -0.25) is 4.79 Å². The molecule has 0 radical (unpaired) electrons. The van der Waals surface area contributed by atoms with Gasteiger partial charge in [0.1, 0.15) is 6.04 Å². The molecular formula is C18H29N3O3S. The fraction of sp³-hybridized carbons (Fsp3) is 0.611. The number of amides is 1. The second kappa shape index (κ2) is 8.29. The third-order valence-corrected chi connectivity index (χ3v) is 5.80. The summed E-state index contributed by atoms with van der Waals surface area (Å²) in [4.78, 5) is 14.9. The Morgan fingerprint density at radius 2 is 1.96 bits per heavy atom. The number of piperazine rings is 1.